The van der Waals surface area contributed by atoms with Gasteiger partial charge in [-0.15, -0.1) is 0 Å². The third-order valence-electron chi connectivity index (χ3n) is 5.58. The quantitative estimate of drug-likeness (QED) is 0.452. The number of ether oxygens (including phenoxy) is 2. The average Bonchev–Trinajstić information content (AvgIpc) is 2.73. The highest BCUT2D eigenvalue weighted by atomic mass is 16.6. The van der Waals surface area contributed by atoms with Crippen molar-refractivity contribution < 1.29 is 14.3 Å². The van der Waals surface area contributed by atoms with Crippen LogP contribution in [0.1, 0.15) is 63.8 Å². The first kappa shape index (κ1) is 24.8. The normalized spacial score (nSPS) is 15.5. The predicted octanol–water partition coefficient (Wildman–Crippen LogP) is 3.65. The molecule has 8 nitrogen and oxygen atoms in total. The lowest BCUT2D eigenvalue weighted by Crippen LogP contribution is -2.34. The van der Waals surface area contributed by atoms with Crippen LogP contribution in [0.4, 0.5) is 4.79 Å². The van der Waals surface area contributed by atoms with E-state index in [4.69, 9.17) is 21.1 Å². The zero-order valence-corrected chi connectivity index (χ0v) is 19.7. The summed E-state index contributed by atoms with van der Waals surface area (Å²) in [5.41, 5.74) is 8.56. The molecule has 0 unspecified atom stereocenters. The number of likely N-dealkylation sites (N-methyl/N-ethyl adjacent to an activating group) is 1. The highest BCUT2D eigenvalue weighted by Gasteiger charge is 2.19. The van der Waals surface area contributed by atoms with Crippen LogP contribution in [0, 0.1) is 12.8 Å². The molecule has 8 heteroatoms. The Bertz CT molecular complexity index is 758. The number of rotatable bonds is 9. The second-order valence-corrected chi connectivity index (χ2v) is 8.79. The van der Waals surface area contributed by atoms with Crippen molar-refractivity contribution >= 4 is 11.8 Å². The molecule has 1 aliphatic rings. The Morgan fingerprint density at radius 2 is 1.90 bits per heavy atom. The Morgan fingerprint density at radius 3 is 2.48 bits per heavy atom. The largest absolute Gasteiger partial charge is 0.489 e. The Hall–Kier alpha value is -2.48. The van der Waals surface area contributed by atoms with Gasteiger partial charge in [0, 0.05) is 20.6 Å². The van der Waals surface area contributed by atoms with Crippen LogP contribution in [0.25, 0.3) is 5.70 Å². The molecular formula is C23H39N5O3. The SMILES string of the molecule is Cc1nc(/C(N)=C(\COC(=O)N(C)CCC(C)C)N(C)N)ccc1OC1CCCCC1. The summed E-state index contributed by atoms with van der Waals surface area (Å²) in [7, 11) is 3.38. The number of aryl methyl sites for hydroxylation is 1. The van der Waals surface area contributed by atoms with E-state index in [2.05, 4.69) is 18.8 Å². The molecule has 4 N–H and O–H groups in total. The van der Waals surface area contributed by atoms with E-state index in [1.165, 1.54) is 24.3 Å². The second-order valence-electron chi connectivity index (χ2n) is 8.79. The lowest BCUT2D eigenvalue weighted by atomic mass is 9.98. The number of amides is 1. The molecule has 1 aromatic heterocycles. The van der Waals surface area contributed by atoms with Crippen LogP contribution in [-0.2, 0) is 4.74 Å². The van der Waals surface area contributed by atoms with Gasteiger partial charge < -0.3 is 25.1 Å². The molecule has 0 radical (unpaired) electrons. The summed E-state index contributed by atoms with van der Waals surface area (Å²) in [6.07, 6.45) is 6.63. The number of hydrogen-bond acceptors (Lipinski definition) is 7. The lowest BCUT2D eigenvalue weighted by Gasteiger charge is -2.24. The molecule has 0 saturated heterocycles. The Kier molecular flexibility index (Phi) is 9.43. The van der Waals surface area contributed by atoms with Crippen LogP contribution in [0.15, 0.2) is 17.8 Å². The fourth-order valence-corrected chi connectivity index (χ4v) is 3.49. The highest BCUT2D eigenvalue weighted by Crippen LogP contribution is 2.26. The standard InChI is InChI=1S/C23H39N5O3/c1-16(2)13-14-27(4)23(29)30-15-20(28(5)25)22(24)19-11-12-21(17(3)26-19)31-18-9-7-6-8-10-18/h11-12,16,18H,6-10,13-15,24-25H2,1-5H3/b22-20-. The average molecular weight is 434 g/mol. The summed E-state index contributed by atoms with van der Waals surface area (Å²) >= 11 is 0. The lowest BCUT2D eigenvalue weighted by molar-refractivity contribution is 0.112. The van der Waals surface area contributed by atoms with Crippen molar-refractivity contribution in [3.8, 4) is 5.75 Å². The van der Waals surface area contributed by atoms with Gasteiger partial charge in [-0.25, -0.2) is 15.6 Å². The number of nitrogens with two attached hydrogens (primary N) is 2. The Balaban J connectivity index is 2.07. The molecule has 1 fully saturated rings. The van der Waals surface area contributed by atoms with Gasteiger partial charge in [0.25, 0.3) is 0 Å². The van der Waals surface area contributed by atoms with E-state index in [9.17, 15) is 4.79 Å². The van der Waals surface area contributed by atoms with Crippen molar-refractivity contribution in [3.63, 3.8) is 0 Å². The van der Waals surface area contributed by atoms with Crippen LogP contribution in [0.3, 0.4) is 0 Å². The number of hydrogen-bond donors (Lipinski definition) is 2. The first-order chi connectivity index (χ1) is 14.7. The number of carbonyl (C=O) groups excluding carboxylic acids is 1. The molecule has 0 spiro atoms. The number of aromatic nitrogens is 1. The summed E-state index contributed by atoms with van der Waals surface area (Å²) in [5, 5.41) is 1.36. The van der Waals surface area contributed by atoms with E-state index in [0.717, 1.165) is 30.7 Å². The fraction of sp³-hybridized carbons (Fsp3) is 0.652. The van der Waals surface area contributed by atoms with Crippen molar-refractivity contribution in [2.75, 3.05) is 27.2 Å². The molecule has 0 aliphatic heterocycles. The van der Waals surface area contributed by atoms with Crippen molar-refractivity contribution in [3.05, 3.63) is 29.2 Å². The van der Waals surface area contributed by atoms with Gasteiger partial charge in [0.1, 0.15) is 12.4 Å². The maximum Gasteiger partial charge on any atom is 0.409 e. The van der Waals surface area contributed by atoms with E-state index < -0.39 is 6.09 Å². The molecule has 1 aliphatic carbocycles. The van der Waals surface area contributed by atoms with E-state index in [-0.39, 0.29) is 12.7 Å². The topological polar surface area (TPSA) is 107 Å². The fourth-order valence-electron chi connectivity index (χ4n) is 3.49. The van der Waals surface area contributed by atoms with Gasteiger partial charge >= 0.3 is 6.09 Å². The summed E-state index contributed by atoms with van der Waals surface area (Å²) in [6.45, 7) is 6.73. The first-order valence-electron chi connectivity index (χ1n) is 11.2. The maximum absolute atomic E-state index is 12.3. The van der Waals surface area contributed by atoms with Gasteiger partial charge in [0.15, 0.2) is 0 Å². The van der Waals surface area contributed by atoms with Gasteiger partial charge in [-0.05, 0) is 57.1 Å². The zero-order valence-electron chi connectivity index (χ0n) is 19.7. The zero-order chi connectivity index (χ0) is 23.0. The Labute approximate surface area is 186 Å². The molecule has 0 aromatic carbocycles. The van der Waals surface area contributed by atoms with Crippen molar-refractivity contribution in [2.24, 2.45) is 17.5 Å². The van der Waals surface area contributed by atoms with Gasteiger partial charge in [-0.1, -0.05) is 20.3 Å². The van der Waals surface area contributed by atoms with Gasteiger partial charge in [0.05, 0.1) is 28.9 Å². The van der Waals surface area contributed by atoms with Gasteiger partial charge in [0.2, 0.25) is 0 Å². The number of carbonyl (C=O) groups is 1. The number of nitrogens with zero attached hydrogens (tertiary/aromatic N) is 3. The number of pyridine rings is 1. The van der Waals surface area contributed by atoms with Crippen molar-refractivity contribution in [1.29, 1.82) is 0 Å². The van der Waals surface area contributed by atoms with Crippen LogP contribution in [-0.4, -0.2) is 54.3 Å². The van der Waals surface area contributed by atoms with Crippen LogP contribution < -0.4 is 16.3 Å². The van der Waals surface area contributed by atoms with Gasteiger partial charge in [-0.3, -0.25) is 0 Å². The van der Waals surface area contributed by atoms with Gasteiger partial charge in [-0.2, -0.15) is 0 Å². The molecule has 1 saturated carbocycles. The molecule has 174 valence electrons. The minimum Gasteiger partial charge on any atom is -0.489 e. The van der Waals surface area contributed by atoms with Crippen LogP contribution in [0.5, 0.6) is 5.75 Å². The summed E-state index contributed by atoms with van der Waals surface area (Å²) in [4.78, 5) is 18.4. The van der Waals surface area contributed by atoms with Crippen LogP contribution in [0.2, 0.25) is 0 Å². The van der Waals surface area contributed by atoms with Crippen molar-refractivity contribution in [1.82, 2.24) is 14.9 Å². The van der Waals surface area contributed by atoms with Crippen molar-refractivity contribution in [2.45, 2.75) is 65.4 Å². The van der Waals surface area contributed by atoms with E-state index >= 15 is 0 Å². The third-order valence-corrected chi connectivity index (χ3v) is 5.58. The molecular weight excluding hydrogens is 394 g/mol. The molecule has 31 heavy (non-hydrogen) atoms. The third kappa shape index (κ3) is 7.61. The molecule has 1 heterocycles. The predicted molar refractivity (Wildman–Crippen MR) is 123 cm³/mol. The highest BCUT2D eigenvalue weighted by molar-refractivity contribution is 5.68. The van der Waals surface area contributed by atoms with Crippen LogP contribution >= 0.6 is 0 Å². The smallest absolute Gasteiger partial charge is 0.409 e. The summed E-state index contributed by atoms with van der Waals surface area (Å²) in [5.74, 6) is 7.26. The summed E-state index contributed by atoms with van der Waals surface area (Å²) < 4.78 is 11.6. The molecule has 0 bridgehead atoms. The molecule has 1 amide bonds. The summed E-state index contributed by atoms with van der Waals surface area (Å²) in [6, 6.07) is 3.72. The van der Waals surface area contributed by atoms with E-state index in [1.54, 1.807) is 19.0 Å². The Morgan fingerprint density at radius 1 is 1.23 bits per heavy atom. The second kappa shape index (κ2) is 11.8. The molecule has 0 atom stereocenters. The van der Waals surface area contributed by atoms with E-state index in [0.29, 0.717) is 29.6 Å². The molecule has 2 rings (SSSR count). The first-order valence-corrected chi connectivity index (χ1v) is 11.2. The monoisotopic (exact) mass is 433 g/mol. The minimum atomic E-state index is -0.409. The maximum atomic E-state index is 12.3. The minimum absolute atomic E-state index is 0.0370. The molecule has 1 aromatic rings. The van der Waals surface area contributed by atoms with E-state index in [1.807, 2.05) is 19.1 Å². The number of hydrazine groups is 1.